The Hall–Kier alpha value is -2.22. The predicted molar refractivity (Wildman–Crippen MR) is 73.9 cm³/mol. The van der Waals surface area contributed by atoms with Crippen molar-refractivity contribution in [3.63, 3.8) is 0 Å². The average Bonchev–Trinajstić information content (AvgIpc) is 2.63. The fourth-order valence-corrected chi connectivity index (χ4v) is 2.35. The Morgan fingerprint density at radius 1 is 1.45 bits per heavy atom. The van der Waals surface area contributed by atoms with Gasteiger partial charge >= 0.3 is 0 Å². The quantitative estimate of drug-likeness (QED) is 0.862. The molecule has 1 aromatic heterocycles. The molecule has 0 aliphatic heterocycles. The lowest BCUT2D eigenvalue weighted by molar-refractivity contribution is 0.570. The van der Waals surface area contributed by atoms with E-state index in [-0.39, 0.29) is 10.8 Å². The van der Waals surface area contributed by atoms with Crippen molar-refractivity contribution in [3.05, 3.63) is 41.5 Å². The van der Waals surface area contributed by atoms with Crippen molar-refractivity contribution in [2.24, 2.45) is 5.10 Å². The van der Waals surface area contributed by atoms with Gasteiger partial charge in [0.05, 0.1) is 18.1 Å². The molecule has 0 bridgehead atoms. The summed E-state index contributed by atoms with van der Waals surface area (Å²) in [4.78, 5) is 3.62. The minimum absolute atomic E-state index is 0.215. The van der Waals surface area contributed by atoms with Crippen LogP contribution in [0.4, 0.5) is 10.3 Å². The van der Waals surface area contributed by atoms with E-state index in [1.165, 1.54) is 23.0 Å². The molecule has 8 heteroatoms. The average molecular weight is 296 g/mol. The lowest BCUT2D eigenvalue weighted by Crippen LogP contribution is -2.02. The standard InChI is InChI=1S/C12H13FN4O2S/c1-8-7-17(12(14)16-8)15-6-9-3-4-11(10(13)5-9)20(2,18)19/h3-7H,1-2H3,(H2,14,16). The SMILES string of the molecule is Cc1cn(N=Cc2ccc(S(C)(=O)=O)c(F)c2)c(N)n1. The molecule has 1 aromatic carbocycles. The van der Waals surface area contributed by atoms with Crippen LogP contribution in [0.3, 0.4) is 0 Å². The maximum Gasteiger partial charge on any atom is 0.221 e. The van der Waals surface area contributed by atoms with Crippen molar-refractivity contribution in [2.75, 3.05) is 12.0 Å². The maximum absolute atomic E-state index is 13.7. The second kappa shape index (κ2) is 5.04. The van der Waals surface area contributed by atoms with E-state index in [1.54, 1.807) is 13.1 Å². The Morgan fingerprint density at radius 3 is 2.65 bits per heavy atom. The van der Waals surface area contributed by atoms with Gasteiger partial charge in [-0.3, -0.25) is 0 Å². The summed E-state index contributed by atoms with van der Waals surface area (Å²) in [5.41, 5.74) is 6.73. The molecule has 0 saturated carbocycles. The van der Waals surface area contributed by atoms with E-state index >= 15 is 0 Å². The van der Waals surface area contributed by atoms with Gasteiger partial charge in [-0.05, 0) is 24.6 Å². The topological polar surface area (TPSA) is 90.3 Å². The predicted octanol–water partition coefficient (Wildman–Crippen LogP) is 1.20. The fourth-order valence-electron chi connectivity index (χ4n) is 1.62. The van der Waals surface area contributed by atoms with Gasteiger partial charge in [0.1, 0.15) is 10.7 Å². The molecule has 0 aliphatic carbocycles. The van der Waals surface area contributed by atoms with Crippen LogP contribution in [0.5, 0.6) is 0 Å². The van der Waals surface area contributed by atoms with Crippen LogP contribution in [0, 0.1) is 12.7 Å². The first-order valence-electron chi connectivity index (χ1n) is 5.63. The number of halogens is 1. The smallest absolute Gasteiger partial charge is 0.221 e. The lowest BCUT2D eigenvalue weighted by atomic mass is 10.2. The van der Waals surface area contributed by atoms with E-state index in [9.17, 15) is 12.8 Å². The second-order valence-corrected chi connectivity index (χ2v) is 6.28. The molecule has 106 valence electrons. The molecule has 2 aromatic rings. The number of hydrogen-bond acceptors (Lipinski definition) is 5. The van der Waals surface area contributed by atoms with Crippen molar-refractivity contribution in [1.82, 2.24) is 9.66 Å². The number of anilines is 1. The number of nitrogen functional groups attached to an aromatic ring is 1. The number of benzene rings is 1. The largest absolute Gasteiger partial charge is 0.368 e. The highest BCUT2D eigenvalue weighted by molar-refractivity contribution is 7.90. The first-order chi connectivity index (χ1) is 9.27. The van der Waals surface area contributed by atoms with E-state index in [1.807, 2.05) is 0 Å². The van der Waals surface area contributed by atoms with E-state index in [2.05, 4.69) is 10.1 Å². The van der Waals surface area contributed by atoms with Crippen molar-refractivity contribution in [3.8, 4) is 0 Å². The molecule has 0 amide bonds. The van der Waals surface area contributed by atoms with Gasteiger partial charge < -0.3 is 5.73 Å². The summed E-state index contributed by atoms with van der Waals surface area (Å²) in [6.07, 6.45) is 3.94. The zero-order valence-electron chi connectivity index (χ0n) is 10.9. The number of aryl methyl sites for hydroxylation is 1. The molecule has 0 saturated heterocycles. The Morgan fingerprint density at radius 2 is 2.15 bits per heavy atom. The minimum atomic E-state index is -3.58. The Kier molecular flexibility index (Phi) is 3.58. The molecule has 2 N–H and O–H groups in total. The molecular weight excluding hydrogens is 283 g/mol. The normalized spacial score (nSPS) is 12.2. The molecule has 1 heterocycles. The summed E-state index contributed by atoms with van der Waals surface area (Å²) in [5.74, 6) is -0.599. The molecule has 0 unspecified atom stereocenters. The van der Waals surface area contributed by atoms with E-state index in [4.69, 9.17) is 5.73 Å². The molecule has 0 radical (unpaired) electrons. The molecular formula is C12H13FN4O2S. The zero-order chi connectivity index (χ0) is 14.9. The van der Waals surface area contributed by atoms with Gasteiger partial charge in [-0.25, -0.2) is 22.5 Å². The number of nitrogens with two attached hydrogens (primary N) is 1. The maximum atomic E-state index is 13.7. The third kappa shape index (κ3) is 3.02. The van der Waals surface area contributed by atoms with Gasteiger partial charge in [0.25, 0.3) is 0 Å². The molecule has 0 aliphatic rings. The van der Waals surface area contributed by atoms with Crippen molar-refractivity contribution >= 4 is 22.0 Å². The van der Waals surface area contributed by atoms with Crippen molar-refractivity contribution < 1.29 is 12.8 Å². The summed E-state index contributed by atoms with van der Waals surface area (Å²) in [6, 6.07) is 3.76. The number of hydrogen-bond donors (Lipinski definition) is 1. The zero-order valence-corrected chi connectivity index (χ0v) is 11.7. The minimum Gasteiger partial charge on any atom is -0.368 e. The Labute approximate surface area is 115 Å². The summed E-state index contributed by atoms with van der Waals surface area (Å²) in [6.45, 7) is 1.77. The van der Waals surface area contributed by atoms with Crippen LogP contribution in [0.15, 0.2) is 34.4 Å². The van der Waals surface area contributed by atoms with Crippen LogP contribution in [-0.2, 0) is 9.84 Å². The summed E-state index contributed by atoms with van der Waals surface area (Å²) >= 11 is 0. The van der Waals surface area contributed by atoms with Crippen LogP contribution in [0.2, 0.25) is 0 Å². The first kappa shape index (κ1) is 14.2. The Bertz CT molecular complexity index is 781. The monoisotopic (exact) mass is 296 g/mol. The number of aromatic nitrogens is 2. The highest BCUT2D eigenvalue weighted by Gasteiger charge is 2.13. The van der Waals surface area contributed by atoms with Gasteiger partial charge in [-0.15, -0.1) is 0 Å². The lowest BCUT2D eigenvalue weighted by Gasteiger charge is -2.01. The molecule has 0 fully saturated rings. The van der Waals surface area contributed by atoms with Crippen LogP contribution in [-0.4, -0.2) is 30.5 Å². The van der Waals surface area contributed by atoms with Crippen molar-refractivity contribution in [1.29, 1.82) is 0 Å². The molecule has 2 rings (SSSR count). The third-order valence-corrected chi connectivity index (χ3v) is 3.65. The van der Waals surface area contributed by atoms with Gasteiger partial charge in [0, 0.05) is 6.26 Å². The van der Waals surface area contributed by atoms with Gasteiger partial charge in [-0.1, -0.05) is 6.07 Å². The number of imidazole rings is 1. The van der Waals surface area contributed by atoms with Crippen LogP contribution in [0.25, 0.3) is 0 Å². The first-order valence-corrected chi connectivity index (χ1v) is 7.52. The highest BCUT2D eigenvalue weighted by Crippen LogP contribution is 2.15. The van der Waals surface area contributed by atoms with Gasteiger partial charge in [0.15, 0.2) is 9.84 Å². The van der Waals surface area contributed by atoms with Crippen molar-refractivity contribution in [2.45, 2.75) is 11.8 Å². The summed E-state index contributed by atoms with van der Waals surface area (Å²) in [5, 5.41) is 4.02. The van der Waals surface area contributed by atoms with Crippen LogP contribution < -0.4 is 5.73 Å². The highest BCUT2D eigenvalue weighted by atomic mass is 32.2. The Balaban J connectivity index is 2.32. The van der Waals surface area contributed by atoms with Crippen LogP contribution in [0.1, 0.15) is 11.3 Å². The molecule has 6 nitrogen and oxygen atoms in total. The third-order valence-electron chi connectivity index (χ3n) is 2.52. The molecule has 0 spiro atoms. The summed E-state index contributed by atoms with van der Waals surface area (Å²) < 4.78 is 37.6. The second-order valence-electron chi connectivity index (χ2n) is 4.29. The fraction of sp³-hybridized carbons (Fsp3) is 0.167. The molecule has 20 heavy (non-hydrogen) atoms. The number of nitrogens with zero attached hydrogens (tertiary/aromatic N) is 3. The van der Waals surface area contributed by atoms with Crippen LogP contribution >= 0.6 is 0 Å². The van der Waals surface area contributed by atoms with E-state index in [0.29, 0.717) is 11.3 Å². The number of sulfone groups is 1. The molecule has 0 atom stereocenters. The number of rotatable bonds is 3. The van der Waals surface area contributed by atoms with E-state index in [0.717, 1.165) is 12.3 Å². The van der Waals surface area contributed by atoms with Gasteiger partial charge in [0.2, 0.25) is 5.95 Å². The summed E-state index contributed by atoms with van der Waals surface area (Å²) in [7, 11) is -3.58. The van der Waals surface area contributed by atoms with Gasteiger partial charge in [-0.2, -0.15) is 5.10 Å². The van der Waals surface area contributed by atoms with E-state index < -0.39 is 15.7 Å².